The SMILES string of the molecule is COC(=O)c1cccc(COC(=O)c2ccc(Cl)c([N+](=O)[O-])c2)c1. The molecule has 0 saturated heterocycles. The molecule has 0 aliphatic heterocycles. The van der Waals surface area contributed by atoms with Crippen LogP contribution in [-0.4, -0.2) is 24.0 Å². The third-order valence-electron chi connectivity index (χ3n) is 3.10. The summed E-state index contributed by atoms with van der Waals surface area (Å²) in [4.78, 5) is 33.6. The summed E-state index contributed by atoms with van der Waals surface area (Å²) in [6.45, 7) is -0.0971. The van der Waals surface area contributed by atoms with Crippen LogP contribution in [0.3, 0.4) is 0 Å². The van der Waals surface area contributed by atoms with E-state index in [9.17, 15) is 19.7 Å². The number of esters is 2. The van der Waals surface area contributed by atoms with Gasteiger partial charge in [-0.3, -0.25) is 10.1 Å². The molecule has 0 saturated carbocycles. The van der Waals surface area contributed by atoms with Crippen molar-refractivity contribution < 1.29 is 24.0 Å². The summed E-state index contributed by atoms with van der Waals surface area (Å²) in [5.74, 6) is -1.24. The summed E-state index contributed by atoms with van der Waals surface area (Å²) in [5, 5.41) is 10.8. The predicted octanol–water partition coefficient (Wildman–Crippen LogP) is 3.39. The number of carbonyl (C=O) groups excluding carboxylic acids is 2. The largest absolute Gasteiger partial charge is 0.465 e. The zero-order valence-electron chi connectivity index (χ0n) is 12.5. The van der Waals surface area contributed by atoms with E-state index < -0.39 is 16.9 Å². The summed E-state index contributed by atoms with van der Waals surface area (Å²) in [6, 6.07) is 10.0. The molecule has 0 amide bonds. The Morgan fingerprint density at radius 2 is 1.83 bits per heavy atom. The highest BCUT2D eigenvalue weighted by Gasteiger charge is 2.17. The fraction of sp³-hybridized carbons (Fsp3) is 0.125. The number of rotatable bonds is 5. The molecule has 0 aliphatic rings. The van der Waals surface area contributed by atoms with E-state index in [-0.39, 0.29) is 22.9 Å². The second kappa shape index (κ2) is 7.56. The van der Waals surface area contributed by atoms with Crippen molar-refractivity contribution >= 4 is 29.2 Å². The Balaban J connectivity index is 2.10. The van der Waals surface area contributed by atoms with Gasteiger partial charge in [0, 0.05) is 6.07 Å². The van der Waals surface area contributed by atoms with Crippen molar-refractivity contribution in [2.45, 2.75) is 6.61 Å². The van der Waals surface area contributed by atoms with Gasteiger partial charge in [0.05, 0.1) is 23.2 Å². The topological polar surface area (TPSA) is 95.7 Å². The Bertz CT molecular complexity index is 805. The van der Waals surface area contributed by atoms with Crippen molar-refractivity contribution in [1.29, 1.82) is 0 Å². The Morgan fingerprint density at radius 1 is 1.12 bits per heavy atom. The number of carbonyl (C=O) groups is 2. The van der Waals surface area contributed by atoms with Crippen LogP contribution in [0.4, 0.5) is 5.69 Å². The van der Waals surface area contributed by atoms with E-state index in [2.05, 4.69) is 4.74 Å². The number of ether oxygens (including phenoxy) is 2. The number of hydrogen-bond acceptors (Lipinski definition) is 6. The first-order valence-electron chi connectivity index (χ1n) is 6.70. The van der Waals surface area contributed by atoms with Crippen LogP contribution in [0, 0.1) is 10.1 Å². The third kappa shape index (κ3) is 4.08. The predicted molar refractivity (Wildman–Crippen MR) is 85.0 cm³/mol. The van der Waals surface area contributed by atoms with Crippen LogP contribution in [0.5, 0.6) is 0 Å². The molecule has 7 nitrogen and oxygen atoms in total. The first kappa shape index (κ1) is 17.4. The summed E-state index contributed by atoms with van der Waals surface area (Å²) in [5.41, 5.74) is 0.539. The molecule has 0 radical (unpaired) electrons. The number of nitrogens with zero attached hydrogens (tertiary/aromatic N) is 1. The molecule has 0 bridgehead atoms. The Kier molecular flexibility index (Phi) is 5.49. The van der Waals surface area contributed by atoms with Gasteiger partial charge in [-0.25, -0.2) is 9.59 Å². The molecule has 0 N–H and O–H groups in total. The fourth-order valence-electron chi connectivity index (χ4n) is 1.92. The molecule has 2 aromatic carbocycles. The number of hydrogen-bond donors (Lipinski definition) is 0. The molecule has 24 heavy (non-hydrogen) atoms. The van der Waals surface area contributed by atoms with E-state index in [0.29, 0.717) is 11.1 Å². The van der Waals surface area contributed by atoms with Gasteiger partial charge in [-0.15, -0.1) is 0 Å². The van der Waals surface area contributed by atoms with E-state index in [0.717, 1.165) is 6.07 Å². The van der Waals surface area contributed by atoms with E-state index in [4.69, 9.17) is 16.3 Å². The van der Waals surface area contributed by atoms with Crippen LogP contribution < -0.4 is 0 Å². The molecule has 2 rings (SSSR count). The lowest BCUT2D eigenvalue weighted by atomic mass is 10.1. The van der Waals surface area contributed by atoms with Gasteiger partial charge in [-0.2, -0.15) is 0 Å². The fourth-order valence-corrected chi connectivity index (χ4v) is 2.10. The second-order valence-electron chi connectivity index (χ2n) is 4.69. The van der Waals surface area contributed by atoms with Gasteiger partial charge in [-0.05, 0) is 29.8 Å². The molecule has 124 valence electrons. The van der Waals surface area contributed by atoms with Crippen LogP contribution in [0.2, 0.25) is 5.02 Å². The average molecular weight is 350 g/mol. The van der Waals surface area contributed by atoms with Crippen LogP contribution in [0.15, 0.2) is 42.5 Å². The molecule has 0 fully saturated rings. The lowest BCUT2D eigenvalue weighted by molar-refractivity contribution is -0.384. The Labute approximate surface area is 141 Å². The van der Waals surface area contributed by atoms with Crippen molar-refractivity contribution in [3.63, 3.8) is 0 Å². The molecule has 0 aliphatic carbocycles. The monoisotopic (exact) mass is 349 g/mol. The zero-order chi connectivity index (χ0) is 17.7. The normalized spacial score (nSPS) is 10.1. The number of benzene rings is 2. The van der Waals surface area contributed by atoms with Crippen LogP contribution in [0.1, 0.15) is 26.3 Å². The quantitative estimate of drug-likeness (QED) is 0.466. The van der Waals surface area contributed by atoms with Gasteiger partial charge in [0.2, 0.25) is 0 Å². The van der Waals surface area contributed by atoms with E-state index in [1.807, 2.05) is 0 Å². The molecule has 8 heteroatoms. The first-order valence-corrected chi connectivity index (χ1v) is 7.08. The van der Waals surface area contributed by atoms with Crippen molar-refractivity contribution in [1.82, 2.24) is 0 Å². The molecule has 0 heterocycles. The van der Waals surface area contributed by atoms with E-state index >= 15 is 0 Å². The summed E-state index contributed by atoms with van der Waals surface area (Å²) in [6.07, 6.45) is 0. The summed E-state index contributed by atoms with van der Waals surface area (Å²) in [7, 11) is 1.27. The minimum absolute atomic E-state index is 0.00947. The first-order chi connectivity index (χ1) is 11.4. The van der Waals surface area contributed by atoms with E-state index in [1.165, 1.54) is 25.3 Å². The molecular formula is C16H12ClNO6. The molecule has 0 unspecified atom stereocenters. The van der Waals surface area contributed by atoms with Crippen molar-refractivity contribution in [3.05, 3.63) is 74.3 Å². The number of methoxy groups -OCH3 is 1. The smallest absolute Gasteiger partial charge is 0.338 e. The number of nitro benzene ring substituents is 1. The minimum Gasteiger partial charge on any atom is -0.465 e. The molecule has 0 aromatic heterocycles. The number of halogens is 1. The van der Waals surface area contributed by atoms with Gasteiger partial charge in [-0.1, -0.05) is 23.7 Å². The average Bonchev–Trinajstić information content (AvgIpc) is 2.59. The van der Waals surface area contributed by atoms with Gasteiger partial charge in [0.25, 0.3) is 5.69 Å². The second-order valence-corrected chi connectivity index (χ2v) is 5.10. The van der Waals surface area contributed by atoms with Crippen LogP contribution >= 0.6 is 11.6 Å². The van der Waals surface area contributed by atoms with Gasteiger partial charge >= 0.3 is 11.9 Å². The molecule has 2 aromatic rings. The molecular weight excluding hydrogens is 338 g/mol. The highest BCUT2D eigenvalue weighted by atomic mass is 35.5. The van der Waals surface area contributed by atoms with Gasteiger partial charge in [0.1, 0.15) is 11.6 Å². The highest BCUT2D eigenvalue weighted by molar-refractivity contribution is 6.32. The Morgan fingerprint density at radius 3 is 2.50 bits per heavy atom. The lowest BCUT2D eigenvalue weighted by Gasteiger charge is -2.07. The summed E-state index contributed by atoms with van der Waals surface area (Å²) >= 11 is 5.69. The molecule has 0 spiro atoms. The lowest BCUT2D eigenvalue weighted by Crippen LogP contribution is -2.07. The van der Waals surface area contributed by atoms with Crippen molar-refractivity contribution in [2.75, 3.05) is 7.11 Å². The van der Waals surface area contributed by atoms with Crippen LogP contribution in [-0.2, 0) is 16.1 Å². The third-order valence-corrected chi connectivity index (χ3v) is 3.42. The van der Waals surface area contributed by atoms with Gasteiger partial charge in [0.15, 0.2) is 0 Å². The maximum atomic E-state index is 12.0. The highest BCUT2D eigenvalue weighted by Crippen LogP contribution is 2.25. The van der Waals surface area contributed by atoms with Crippen molar-refractivity contribution in [2.24, 2.45) is 0 Å². The maximum absolute atomic E-state index is 12.0. The van der Waals surface area contributed by atoms with Crippen LogP contribution in [0.25, 0.3) is 0 Å². The maximum Gasteiger partial charge on any atom is 0.338 e. The standard InChI is InChI=1S/C16H12ClNO6/c1-23-15(19)11-4-2-3-10(7-11)9-24-16(20)12-5-6-13(17)14(8-12)18(21)22/h2-8H,9H2,1H3. The molecule has 0 atom stereocenters. The zero-order valence-corrected chi connectivity index (χ0v) is 13.3. The minimum atomic E-state index is -0.738. The summed E-state index contributed by atoms with van der Waals surface area (Å²) < 4.78 is 9.71. The van der Waals surface area contributed by atoms with E-state index in [1.54, 1.807) is 18.2 Å². The number of nitro groups is 1. The van der Waals surface area contributed by atoms with Gasteiger partial charge < -0.3 is 9.47 Å². The Hall–Kier alpha value is -2.93. The van der Waals surface area contributed by atoms with Crippen molar-refractivity contribution in [3.8, 4) is 0 Å².